The van der Waals surface area contributed by atoms with Crippen LogP contribution in [0.2, 0.25) is 5.02 Å². The van der Waals surface area contributed by atoms with Crippen molar-refractivity contribution in [2.75, 3.05) is 11.9 Å². The number of anilines is 1. The molecule has 1 aromatic carbocycles. The van der Waals surface area contributed by atoms with Gasteiger partial charge >= 0.3 is 6.18 Å². The van der Waals surface area contributed by atoms with Crippen molar-refractivity contribution in [3.63, 3.8) is 0 Å². The highest BCUT2D eigenvalue weighted by atomic mass is 35.5. The summed E-state index contributed by atoms with van der Waals surface area (Å²) < 4.78 is 45.4. The molecule has 1 amide bonds. The maximum absolute atomic E-state index is 13.1. The third kappa shape index (κ3) is 4.45. The summed E-state index contributed by atoms with van der Waals surface area (Å²) in [7, 11) is 0. The van der Waals surface area contributed by atoms with Crippen molar-refractivity contribution in [3.8, 4) is 11.6 Å². The van der Waals surface area contributed by atoms with Crippen molar-refractivity contribution < 1.29 is 22.7 Å². The quantitative estimate of drug-likeness (QED) is 0.643. The monoisotopic (exact) mass is 413 g/mol. The van der Waals surface area contributed by atoms with Crippen LogP contribution in [0.5, 0.6) is 5.88 Å². The van der Waals surface area contributed by atoms with E-state index >= 15 is 0 Å². The Balaban J connectivity index is 1.79. The van der Waals surface area contributed by atoms with Gasteiger partial charge in [0.1, 0.15) is 0 Å². The van der Waals surface area contributed by atoms with Gasteiger partial charge in [0.05, 0.1) is 10.7 Å². The Morgan fingerprint density at radius 3 is 2.71 bits per heavy atom. The highest BCUT2D eigenvalue weighted by Crippen LogP contribution is 2.33. The number of benzene rings is 1. The number of ether oxygens (including phenoxy) is 1. The average Bonchev–Trinajstić information content (AvgIpc) is 3.27. The van der Waals surface area contributed by atoms with E-state index in [0.717, 1.165) is 10.4 Å². The Kier molecular flexibility index (Phi) is 5.59. The summed E-state index contributed by atoms with van der Waals surface area (Å²) in [6.45, 7) is 1.37. The SMILES string of the molecule is CCc1cc(NC(=O)COc2cc(C(F)(F)F)nn2-c2ccccc2Cl)n[nH]1. The maximum atomic E-state index is 13.1. The first-order valence-corrected chi connectivity index (χ1v) is 8.55. The molecule has 0 aliphatic rings. The van der Waals surface area contributed by atoms with Crippen LogP contribution in [0.1, 0.15) is 18.3 Å². The minimum Gasteiger partial charge on any atom is -0.467 e. The molecule has 0 bridgehead atoms. The normalized spacial score (nSPS) is 11.5. The number of hydrogen-bond acceptors (Lipinski definition) is 4. The van der Waals surface area contributed by atoms with Crippen molar-refractivity contribution in [2.24, 2.45) is 0 Å². The van der Waals surface area contributed by atoms with Crippen LogP contribution in [0.25, 0.3) is 5.69 Å². The molecule has 2 heterocycles. The third-order valence-corrected chi connectivity index (χ3v) is 4.00. The number of para-hydroxylation sites is 1. The standard InChI is InChI=1S/C17H15ClF3N5O2/c1-2-10-7-14(24-23-10)22-15(27)9-28-16-8-13(17(19,20)21)25-26(16)12-6-4-3-5-11(12)18/h3-8H,2,9H2,1H3,(H2,22,23,24,27). The zero-order chi connectivity index (χ0) is 20.3. The lowest BCUT2D eigenvalue weighted by Crippen LogP contribution is -2.21. The van der Waals surface area contributed by atoms with Gasteiger partial charge in [-0.15, -0.1) is 0 Å². The summed E-state index contributed by atoms with van der Waals surface area (Å²) in [5, 5.41) is 12.8. The zero-order valence-corrected chi connectivity index (χ0v) is 15.3. The summed E-state index contributed by atoms with van der Waals surface area (Å²) in [6.07, 6.45) is -3.98. The van der Waals surface area contributed by atoms with E-state index in [4.69, 9.17) is 16.3 Å². The van der Waals surface area contributed by atoms with E-state index in [9.17, 15) is 18.0 Å². The van der Waals surface area contributed by atoms with Gasteiger partial charge in [-0.1, -0.05) is 30.7 Å². The summed E-state index contributed by atoms with van der Waals surface area (Å²) in [5.74, 6) is -0.567. The smallest absolute Gasteiger partial charge is 0.435 e. The third-order valence-electron chi connectivity index (χ3n) is 3.68. The minimum atomic E-state index is -4.68. The lowest BCUT2D eigenvalue weighted by atomic mass is 10.3. The number of nitrogens with zero attached hydrogens (tertiary/aromatic N) is 3. The number of aromatic amines is 1. The highest BCUT2D eigenvalue weighted by Gasteiger charge is 2.36. The summed E-state index contributed by atoms with van der Waals surface area (Å²) >= 11 is 6.05. The second-order valence-electron chi connectivity index (χ2n) is 5.70. The van der Waals surface area contributed by atoms with Crippen molar-refractivity contribution in [3.05, 3.63) is 52.8 Å². The molecular weight excluding hydrogens is 399 g/mol. The van der Waals surface area contributed by atoms with E-state index < -0.39 is 24.4 Å². The maximum Gasteiger partial charge on any atom is 0.435 e. The van der Waals surface area contributed by atoms with Crippen molar-refractivity contribution in [1.82, 2.24) is 20.0 Å². The molecule has 28 heavy (non-hydrogen) atoms. The predicted molar refractivity (Wildman–Crippen MR) is 95.7 cm³/mol. The van der Waals surface area contributed by atoms with Gasteiger partial charge < -0.3 is 10.1 Å². The topological polar surface area (TPSA) is 84.8 Å². The van der Waals surface area contributed by atoms with Gasteiger partial charge in [-0.05, 0) is 18.6 Å². The number of aromatic nitrogens is 4. The molecule has 0 radical (unpaired) electrons. The number of aryl methyl sites for hydroxylation is 1. The fraction of sp³-hybridized carbons (Fsp3) is 0.235. The van der Waals surface area contributed by atoms with Crippen LogP contribution in [-0.2, 0) is 17.4 Å². The minimum absolute atomic E-state index is 0.178. The summed E-state index contributed by atoms with van der Waals surface area (Å²) in [6, 6.07) is 8.57. The molecular formula is C17H15ClF3N5O2. The molecule has 0 aliphatic carbocycles. The van der Waals surface area contributed by atoms with Crippen LogP contribution < -0.4 is 10.1 Å². The van der Waals surface area contributed by atoms with Crippen LogP contribution in [-0.4, -0.2) is 32.5 Å². The Labute approximate surface area is 162 Å². The van der Waals surface area contributed by atoms with Crippen LogP contribution in [0.4, 0.5) is 19.0 Å². The molecule has 0 fully saturated rings. The van der Waals surface area contributed by atoms with E-state index in [0.29, 0.717) is 18.3 Å². The number of halogens is 4. The Morgan fingerprint density at radius 1 is 1.32 bits per heavy atom. The molecule has 0 saturated heterocycles. The van der Waals surface area contributed by atoms with Crippen LogP contribution in [0.3, 0.4) is 0 Å². The fourth-order valence-corrected chi connectivity index (χ4v) is 2.54. The first kappa shape index (κ1) is 19.7. The summed E-state index contributed by atoms with van der Waals surface area (Å²) in [4.78, 5) is 12.0. The number of amides is 1. The Hall–Kier alpha value is -3.01. The first-order chi connectivity index (χ1) is 13.3. The number of nitrogens with one attached hydrogen (secondary N) is 2. The van der Waals surface area contributed by atoms with Gasteiger partial charge in [-0.3, -0.25) is 9.89 Å². The second-order valence-corrected chi connectivity index (χ2v) is 6.10. The average molecular weight is 414 g/mol. The van der Waals surface area contributed by atoms with Crippen LogP contribution >= 0.6 is 11.6 Å². The Morgan fingerprint density at radius 2 is 2.07 bits per heavy atom. The van der Waals surface area contributed by atoms with E-state index in [1.54, 1.807) is 18.2 Å². The van der Waals surface area contributed by atoms with Crippen LogP contribution in [0.15, 0.2) is 36.4 Å². The molecule has 0 spiro atoms. The highest BCUT2D eigenvalue weighted by molar-refractivity contribution is 6.32. The molecule has 0 aliphatic heterocycles. The summed E-state index contributed by atoms with van der Waals surface area (Å²) in [5.41, 5.74) is -0.152. The lowest BCUT2D eigenvalue weighted by molar-refractivity contribution is -0.141. The molecule has 2 N–H and O–H groups in total. The molecule has 7 nitrogen and oxygen atoms in total. The predicted octanol–water partition coefficient (Wildman–Crippen LogP) is 3.85. The molecule has 148 valence electrons. The zero-order valence-electron chi connectivity index (χ0n) is 14.5. The Bertz CT molecular complexity index is 983. The molecule has 11 heteroatoms. The number of hydrogen-bond donors (Lipinski definition) is 2. The molecule has 0 unspecified atom stereocenters. The molecule has 0 saturated carbocycles. The van der Waals surface area contributed by atoms with Gasteiger partial charge in [0, 0.05) is 17.8 Å². The van der Waals surface area contributed by atoms with E-state index in [-0.39, 0.29) is 16.6 Å². The number of rotatable bonds is 6. The van der Waals surface area contributed by atoms with E-state index in [1.807, 2.05) is 6.92 Å². The molecule has 3 rings (SSSR count). The van der Waals surface area contributed by atoms with E-state index in [1.165, 1.54) is 12.1 Å². The number of carbonyl (C=O) groups excluding carboxylic acids is 1. The van der Waals surface area contributed by atoms with Gasteiger partial charge in [-0.2, -0.15) is 28.1 Å². The van der Waals surface area contributed by atoms with E-state index in [2.05, 4.69) is 20.6 Å². The lowest BCUT2D eigenvalue weighted by Gasteiger charge is -2.10. The second kappa shape index (κ2) is 7.93. The van der Waals surface area contributed by atoms with Crippen molar-refractivity contribution in [2.45, 2.75) is 19.5 Å². The van der Waals surface area contributed by atoms with Gasteiger partial charge in [0.15, 0.2) is 18.1 Å². The van der Waals surface area contributed by atoms with Gasteiger partial charge in [0.25, 0.3) is 5.91 Å². The fourth-order valence-electron chi connectivity index (χ4n) is 2.33. The number of carbonyl (C=O) groups is 1. The van der Waals surface area contributed by atoms with Gasteiger partial charge in [-0.25, -0.2) is 0 Å². The molecule has 3 aromatic rings. The first-order valence-electron chi connectivity index (χ1n) is 8.17. The number of H-pyrrole nitrogens is 1. The largest absolute Gasteiger partial charge is 0.467 e. The van der Waals surface area contributed by atoms with Crippen LogP contribution in [0, 0.1) is 0 Å². The van der Waals surface area contributed by atoms with Gasteiger partial charge in [0.2, 0.25) is 5.88 Å². The van der Waals surface area contributed by atoms with Crippen molar-refractivity contribution >= 4 is 23.3 Å². The molecule has 0 atom stereocenters. The molecule has 2 aromatic heterocycles. The number of alkyl halides is 3. The van der Waals surface area contributed by atoms with Crippen molar-refractivity contribution in [1.29, 1.82) is 0 Å².